The Kier molecular flexibility index (Phi) is 5.68. The summed E-state index contributed by atoms with van der Waals surface area (Å²) in [5, 5.41) is 11.4. The van der Waals surface area contributed by atoms with Crippen molar-refractivity contribution in [2.45, 2.75) is 27.2 Å². The van der Waals surface area contributed by atoms with E-state index < -0.39 is 0 Å². The molecule has 0 aliphatic carbocycles. The van der Waals surface area contributed by atoms with Crippen LogP contribution in [0.4, 0.5) is 0 Å². The minimum Gasteiger partial charge on any atom is -0.872 e. The first-order valence-corrected chi connectivity index (χ1v) is 4.59. The topological polar surface area (TPSA) is 23.1 Å². The Morgan fingerprint density at radius 3 is 2.29 bits per heavy atom. The van der Waals surface area contributed by atoms with Crippen LogP contribution in [-0.4, -0.2) is 0 Å². The summed E-state index contributed by atoms with van der Waals surface area (Å²) in [4.78, 5) is 0. The number of hydrogen-bond donors (Lipinski definition) is 0. The van der Waals surface area contributed by atoms with Crippen molar-refractivity contribution in [2.24, 2.45) is 0 Å². The van der Waals surface area contributed by atoms with Gasteiger partial charge in [0.15, 0.2) is 0 Å². The largest absolute Gasteiger partial charge is 1.00 e. The van der Waals surface area contributed by atoms with Crippen molar-refractivity contribution in [1.82, 2.24) is 0 Å². The molecule has 0 saturated heterocycles. The number of allylic oxidation sites excluding steroid dienone is 2. The minimum absolute atomic E-state index is 0. The zero-order valence-electron chi connectivity index (χ0n) is 9.42. The van der Waals surface area contributed by atoms with Crippen molar-refractivity contribution in [3.05, 3.63) is 35.4 Å². The maximum absolute atomic E-state index is 11.4. The van der Waals surface area contributed by atoms with Gasteiger partial charge in [-0.05, 0) is 31.4 Å². The zero-order chi connectivity index (χ0) is 9.84. The van der Waals surface area contributed by atoms with Gasteiger partial charge in [0.2, 0.25) is 0 Å². The summed E-state index contributed by atoms with van der Waals surface area (Å²) in [7, 11) is 0. The van der Waals surface area contributed by atoms with Gasteiger partial charge < -0.3 is 5.11 Å². The van der Waals surface area contributed by atoms with Gasteiger partial charge in [-0.2, -0.15) is 0 Å². The molecule has 1 aromatic carbocycles. The monoisotopic (exact) mass is 182 g/mol. The molecule has 2 heteroatoms. The number of hydrogen-bond acceptors (Lipinski definition) is 1. The van der Waals surface area contributed by atoms with E-state index in [1.54, 1.807) is 12.1 Å². The number of rotatable bonds is 2. The van der Waals surface area contributed by atoms with Gasteiger partial charge in [-0.15, -0.1) is 5.75 Å². The van der Waals surface area contributed by atoms with Crippen LogP contribution >= 0.6 is 0 Å². The van der Waals surface area contributed by atoms with Gasteiger partial charge in [-0.1, -0.05) is 36.8 Å². The van der Waals surface area contributed by atoms with Crippen LogP contribution in [0.3, 0.4) is 0 Å². The van der Waals surface area contributed by atoms with Crippen LogP contribution in [-0.2, 0) is 0 Å². The molecule has 1 nitrogen and oxygen atoms in total. The Balaban J connectivity index is 0.00000169. The molecule has 0 aromatic heterocycles. The first kappa shape index (κ1) is 13.4. The summed E-state index contributed by atoms with van der Waals surface area (Å²) < 4.78 is 0. The van der Waals surface area contributed by atoms with Gasteiger partial charge in [-0.3, -0.25) is 0 Å². The average molecular weight is 182 g/mol. The second-order valence-corrected chi connectivity index (χ2v) is 3.26. The van der Waals surface area contributed by atoms with Crippen molar-refractivity contribution < 1.29 is 24.0 Å². The van der Waals surface area contributed by atoms with Crippen LogP contribution in [0.25, 0.3) is 5.57 Å². The second kappa shape index (κ2) is 5.96. The maximum Gasteiger partial charge on any atom is 1.00 e. The molecule has 0 amide bonds. The maximum atomic E-state index is 11.4. The molecule has 0 aliphatic rings. The van der Waals surface area contributed by atoms with Crippen LogP contribution in [0.1, 0.15) is 32.8 Å². The van der Waals surface area contributed by atoms with Crippen LogP contribution in [0.2, 0.25) is 0 Å². The molecule has 0 N–H and O–H groups in total. The van der Waals surface area contributed by atoms with Gasteiger partial charge in [0, 0.05) is 0 Å². The normalized spacial score (nSPS) is 11.6. The Bertz CT molecular complexity index is 329. The fraction of sp³-hybridized carbons (Fsp3) is 0.333. The second-order valence-electron chi connectivity index (χ2n) is 3.26. The van der Waals surface area contributed by atoms with Gasteiger partial charge in [0.25, 0.3) is 0 Å². The van der Waals surface area contributed by atoms with Gasteiger partial charge in [0.05, 0.1) is 0 Å². The molecule has 0 radical (unpaired) electrons. The summed E-state index contributed by atoms with van der Waals surface area (Å²) >= 11 is 0. The van der Waals surface area contributed by atoms with Crippen LogP contribution in [0.5, 0.6) is 5.75 Å². The van der Waals surface area contributed by atoms with Crippen molar-refractivity contribution in [2.75, 3.05) is 0 Å². The van der Waals surface area contributed by atoms with Gasteiger partial charge in [0.1, 0.15) is 0 Å². The van der Waals surface area contributed by atoms with E-state index in [9.17, 15) is 5.11 Å². The van der Waals surface area contributed by atoms with Crippen LogP contribution in [0, 0.1) is 0 Å². The number of para-hydroxylation sites is 1. The minimum atomic E-state index is 0. The van der Waals surface area contributed by atoms with E-state index in [4.69, 9.17) is 0 Å². The molecule has 0 unspecified atom stereocenters. The van der Waals surface area contributed by atoms with E-state index in [1.807, 2.05) is 19.1 Å². The van der Waals surface area contributed by atoms with E-state index in [0.29, 0.717) is 0 Å². The molecule has 0 fully saturated rings. The Morgan fingerprint density at radius 1 is 1.21 bits per heavy atom. The molecule has 0 bridgehead atoms. The molecule has 1 aromatic rings. The predicted octanol–water partition coefficient (Wildman–Crippen LogP) is -0.0324. The Labute approximate surface area is 98.0 Å². The third-order valence-electron chi connectivity index (χ3n) is 2.46. The van der Waals surface area contributed by atoms with Crippen LogP contribution in [0.15, 0.2) is 29.8 Å². The zero-order valence-corrected chi connectivity index (χ0v) is 9.42. The fourth-order valence-corrected chi connectivity index (χ4v) is 1.27. The third kappa shape index (κ3) is 2.94. The molecule has 1 rings (SSSR count). The van der Waals surface area contributed by atoms with Crippen molar-refractivity contribution in [1.29, 1.82) is 0 Å². The van der Waals surface area contributed by atoms with E-state index >= 15 is 0 Å². The summed E-state index contributed by atoms with van der Waals surface area (Å²) in [6, 6.07) is 7.18. The molecular weight excluding hydrogens is 167 g/mol. The predicted molar refractivity (Wildman–Crippen MR) is 54.4 cm³/mol. The summed E-state index contributed by atoms with van der Waals surface area (Å²) in [5.41, 5.74) is 3.23. The summed E-state index contributed by atoms with van der Waals surface area (Å²) in [5.74, 6) is 0.118. The molecule has 14 heavy (non-hydrogen) atoms. The fourth-order valence-electron chi connectivity index (χ4n) is 1.27. The SMILES string of the molecule is CC/C(C)=C(/C)c1ccccc1[O-].[Li+]. The Hall–Kier alpha value is -0.643. The van der Waals surface area contributed by atoms with Crippen molar-refractivity contribution in [3.63, 3.8) is 0 Å². The molecular formula is C12H15LiO. The summed E-state index contributed by atoms with van der Waals surface area (Å²) in [6.45, 7) is 6.18. The molecule has 0 saturated carbocycles. The number of benzene rings is 1. The van der Waals surface area contributed by atoms with E-state index in [-0.39, 0.29) is 24.6 Å². The van der Waals surface area contributed by atoms with Crippen LogP contribution < -0.4 is 24.0 Å². The third-order valence-corrected chi connectivity index (χ3v) is 2.46. The molecule has 0 atom stereocenters. The quantitative estimate of drug-likeness (QED) is 0.589. The molecule has 0 spiro atoms. The van der Waals surface area contributed by atoms with E-state index in [0.717, 1.165) is 17.6 Å². The molecule has 70 valence electrons. The van der Waals surface area contributed by atoms with Crippen molar-refractivity contribution in [3.8, 4) is 5.75 Å². The van der Waals surface area contributed by atoms with E-state index in [1.165, 1.54) is 5.57 Å². The average Bonchev–Trinajstić information content (AvgIpc) is 2.16. The smallest absolute Gasteiger partial charge is 0.872 e. The first-order valence-electron chi connectivity index (χ1n) is 4.59. The Morgan fingerprint density at radius 2 is 1.79 bits per heavy atom. The van der Waals surface area contributed by atoms with Gasteiger partial charge in [-0.25, -0.2) is 0 Å². The standard InChI is InChI=1S/C12H16O.Li/c1-4-9(2)10(3)11-7-5-6-8-12(11)13;/h5-8,13H,4H2,1-3H3;/q;+1/p-1/b10-9-;. The first-order chi connectivity index (χ1) is 6.16. The summed E-state index contributed by atoms with van der Waals surface area (Å²) in [6.07, 6.45) is 1.00. The molecule has 0 aliphatic heterocycles. The van der Waals surface area contributed by atoms with E-state index in [2.05, 4.69) is 13.8 Å². The molecule has 0 heterocycles. The van der Waals surface area contributed by atoms with Gasteiger partial charge >= 0.3 is 18.9 Å². The van der Waals surface area contributed by atoms with Crippen molar-refractivity contribution >= 4 is 5.57 Å².